The van der Waals surface area contributed by atoms with Crippen molar-refractivity contribution in [3.05, 3.63) is 53.7 Å². The molecule has 186 valence electrons. The average Bonchev–Trinajstić information content (AvgIpc) is 3.38. The highest BCUT2D eigenvalue weighted by Gasteiger charge is 2.20. The molecule has 1 aliphatic carbocycles. The van der Waals surface area contributed by atoms with Crippen molar-refractivity contribution in [1.29, 1.82) is 0 Å². The Kier molecular flexibility index (Phi) is 8.26. The molecule has 0 radical (unpaired) electrons. The first-order valence-corrected chi connectivity index (χ1v) is 12.1. The van der Waals surface area contributed by atoms with Crippen molar-refractivity contribution in [2.75, 3.05) is 38.6 Å². The molecule has 4 rings (SSSR count). The summed E-state index contributed by atoms with van der Waals surface area (Å²) in [6.45, 7) is 3.39. The molecule has 0 amide bonds. The van der Waals surface area contributed by atoms with Gasteiger partial charge in [0, 0.05) is 25.3 Å². The molecule has 8 heteroatoms. The van der Waals surface area contributed by atoms with E-state index < -0.39 is 0 Å². The number of rotatable bonds is 11. The number of methoxy groups -OCH3 is 1. The first-order chi connectivity index (χ1) is 17.1. The monoisotopic (exact) mass is 478 g/mol. The molecule has 8 nitrogen and oxygen atoms in total. The van der Waals surface area contributed by atoms with Gasteiger partial charge in [-0.15, -0.1) is 0 Å². The van der Waals surface area contributed by atoms with Crippen molar-refractivity contribution >= 4 is 11.8 Å². The van der Waals surface area contributed by atoms with Gasteiger partial charge >= 0.3 is 0 Å². The number of benzene rings is 2. The second-order valence-corrected chi connectivity index (χ2v) is 8.75. The number of hydrogen-bond acceptors (Lipinski definition) is 8. The molecule has 3 aromatic rings. The predicted molar refractivity (Wildman–Crippen MR) is 137 cm³/mol. The average molecular weight is 479 g/mol. The molecule has 0 bridgehead atoms. The van der Waals surface area contributed by atoms with Crippen molar-refractivity contribution in [3.63, 3.8) is 0 Å². The standard InChI is InChI=1S/C27H34N4O4/c1-3-33-23-13-19(12-21-15-30-27(29)31-26(21)28)14-24(34-16-18-6-4-5-7-18)25(23)20-8-10-22(11-9-20)35-17-32-2/h8-11,13-15,18H,3-7,12,16-17H2,1-2H3,(H4,28,29,30,31). The second kappa shape index (κ2) is 11.8. The summed E-state index contributed by atoms with van der Waals surface area (Å²) < 4.78 is 23.1. The van der Waals surface area contributed by atoms with Gasteiger partial charge in [-0.3, -0.25) is 0 Å². The fraction of sp³-hybridized carbons (Fsp3) is 0.407. The topological polar surface area (TPSA) is 115 Å². The minimum atomic E-state index is 0.162. The van der Waals surface area contributed by atoms with Gasteiger partial charge in [0.2, 0.25) is 5.95 Å². The summed E-state index contributed by atoms with van der Waals surface area (Å²) >= 11 is 0. The van der Waals surface area contributed by atoms with Crippen LogP contribution in [0.3, 0.4) is 0 Å². The molecular weight excluding hydrogens is 444 g/mol. The number of aromatic nitrogens is 2. The van der Waals surface area contributed by atoms with Crippen LogP contribution in [-0.2, 0) is 11.2 Å². The molecule has 0 atom stereocenters. The van der Waals surface area contributed by atoms with E-state index >= 15 is 0 Å². The molecule has 1 aromatic heterocycles. The summed E-state index contributed by atoms with van der Waals surface area (Å²) in [6, 6.07) is 12.0. The van der Waals surface area contributed by atoms with Crippen molar-refractivity contribution in [2.24, 2.45) is 5.92 Å². The molecule has 1 heterocycles. The van der Waals surface area contributed by atoms with Gasteiger partial charge in [-0.05, 0) is 61.1 Å². The minimum absolute atomic E-state index is 0.162. The van der Waals surface area contributed by atoms with Crippen LogP contribution in [0.2, 0.25) is 0 Å². The van der Waals surface area contributed by atoms with Crippen molar-refractivity contribution in [2.45, 2.75) is 39.0 Å². The third kappa shape index (κ3) is 6.33. The van der Waals surface area contributed by atoms with E-state index in [1.807, 2.05) is 37.3 Å². The van der Waals surface area contributed by atoms with Gasteiger partial charge in [-0.25, -0.2) is 4.98 Å². The molecule has 1 aliphatic rings. The maximum absolute atomic E-state index is 6.47. The lowest BCUT2D eigenvalue weighted by Crippen LogP contribution is -2.10. The van der Waals surface area contributed by atoms with Crippen LogP contribution in [0.15, 0.2) is 42.6 Å². The Hall–Kier alpha value is -3.52. The van der Waals surface area contributed by atoms with Crippen LogP contribution in [-0.4, -0.2) is 37.1 Å². The van der Waals surface area contributed by atoms with Gasteiger partial charge in [0.1, 0.15) is 23.1 Å². The first-order valence-electron chi connectivity index (χ1n) is 12.1. The van der Waals surface area contributed by atoms with Crippen LogP contribution in [0.1, 0.15) is 43.7 Å². The smallest absolute Gasteiger partial charge is 0.221 e. The quantitative estimate of drug-likeness (QED) is 0.376. The highest BCUT2D eigenvalue weighted by molar-refractivity contribution is 5.78. The van der Waals surface area contributed by atoms with Gasteiger partial charge in [-0.1, -0.05) is 25.0 Å². The first kappa shape index (κ1) is 24.6. The predicted octanol–water partition coefficient (Wildman–Crippen LogP) is 4.85. The second-order valence-electron chi connectivity index (χ2n) is 8.75. The third-order valence-electron chi connectivity index (χ3n) is 6.17. The maximum atomic E-state index is 6.47. The van der Waals surface area contributed by atoms with Crippen LogP contribution < -0.4 is 25.7 Å². The van der Waals surface area contributed by atoms with Crippen LogP contribution in [0, 0.1) is 5.92 Å². The molecule has 0 aliphatic heterocycles. The van der Waals surface area contributed by atoms with Crippen LogP contribution in [0.5, 0.6) is 17.2 Å². The van der Waals surface area contributed by atoms with Gasteiger partial charge in [0.15, 0.2) is 6.79 Å². The molecular formula is C27H34N4O4. The lowest BCUT2D eigenvalue weighted by Gasteiger charge is -2.20. The fourth-order valence-electron chi connectivity index (χ4n) is 4.43. The van der Waals surface area contributed by atoms with E-state index in [4.69, 9.17) is 30.4 Å². The van der Waals surface area contributed by atoms with Crippen molar-refractivity contribution in [3.8, 4) is 28.4 Å². The summed E-state index contributed by atoms with van der Waals surface area (Å²) in [4.78, 5) is 8.20. The largest absolute Gasteiger partial charge is 0.493 e. The zero-order valence-electron chi connectivity index (χ0n) is 20.5. The summed E-state index contributed by atoms with van der Waals surface area (Å²) in [5.74, 6) is 3.39. The number of hydrogen-bond donors (Lipinski definition) is 2. The molecule has 2 aromatic carbocycles. The van der Waals surface area contributed by atoms with Crippen molar-refractivity contribution in [1.82, 2.24) is 9.97 Å². The van der Waals surface area contributed by atoms with Gasteiger partial charge in [0.25, 0.3) is 0 Å². The van der Waals surface area contributed by atoms with Gasteiger partial charge in [-0.2, -0.15) is 4.98 Å². The minimum Gasteiger partial charge on any atom is -0.493 e. The molecule has 35 heavy (non-hydrogen) atoms. The van der Waals surface area contributed by atoms with Crippen LogP contribution in [0.25, 0.3) is 11.1 Å². The Labute approximate surface area is 206 Å². The Balaban J connectivity index is 1.71. The number of ether oxygens (including phenoxy) is 4. The van der Waals surface area contributed by atoms with E-state index in [0.717, 1.165) is 39.5 Å². The molecule has 4 N–H and O–H groups in total. The summed E-state index contributed by atoms with van der Waals surface area (Å²) in [6.07, 6.45) is 7.16. The lowest BCUT2D eigenvalue weighted by molar-refractivity contribution is 0.0511. The van der Waals surface area contributed by atoms with Gasteiger partial charge in [0.05, 0.1) is 18.8 Å². The number of anilines is 2. The van der Waals surface area contributed by atoms with E-state index in [2.05, 4.69) is 16.0 Å². The van der Waals surface area contributed by atoms with Gasteiger partial charge < -0.3 is 30.4 Å². The van der Waals surface area contributed by atoms with Crippen LogP contribution in [0.4, 0.5) is 11.8 Å². The molecule has 0 spiro atoms. The fourth-order valence-corrected chi connectivity index (χ4v) is 4.43. The zero-order valence-corrected chi connectivity index (χ0v) is 20.5. The highest BCUT2D eigenvalue weighted by atomic mass is 16.7. The van der Waals surface area contributed by atoms with Crippen molar-refractivity contribution < 1.29 is 18.9 Å². The Bertz CT molecular complexity index is 1110. The SMILES string of the molecule is CCOc1cc(Cc2cnc(N)nc2N)cc(OCC2CCCC2)c1-c1ccc(OCOC)cc1. The Morgan fingerprint density at radius 3 is 2.34 bits per heavy atom. The molecule has 0 unspecified atom stereocenters. The van der Waals surface area contributed by atoms with E-state index in [9.17, 15) is 0 Å². The molecule has 0 saturated heterocycles. The van der Waals surface area contributed by atoms with E-state index in [1.54, 1.807) is 13.3 Å². The zero-order chi connectivity index (χ0) is 24.6. The molecule has 1 fully saturated rings. The van der Waals surface area contributed by atoms with E-state index in [0.29, 0.717) is 31.4 Å². The summed E-state index contributed by atoms with van der Waals surface area (Å²) in [7, 11) is 1.60. The highest BCUT2D eigenvalue weighted by Crippen LogP contribution is 2.42. The summed E-state index contributed by atoms with van der Waals surface area (Å²) in [5, 5.41) is 0. The number of nitrogens with zero attached hydrogens (tertiary/aromatic N) is 2. The Morgan fingerprint density at radius 1 is 0.971 bits per heavy atom. The van der Waals surface area contributed by atoms with Crippen LogP contribution >= 0.6 is 0 Å². The molecule has 1 saturated carbocycles. The van der Waals surface area contributed by atoms with E-state index in [-0.39, 0.29) is 12.7 Å². The Morgan fingerprint density at radius 2 is 1.69 bits per heavy atom. The number of nitrogen functional groups attached to an aromatic ring is 2. The normalized spacial score (nSPS) is 13.7. The van der Waals surface area contributed by atoms with E-state index in [1.165, 1.54) is 25.7 Å². The third-order valence-corrected chi connectivity index (χ3v) is 6.17. The lowest BCUT2D eigenvalue weighted by atomic mass is 9.98. The maximum Gasteiger partial charge on any atom is 0.221 e. The number of nitrogens with two attached hydrogens (primary N) is 2. The summed E-state index contributed by atoms with van der Waals surface area (Å²) in [5.41, 5.74) is 15.5.